The molecule has 5 heteroatoms. The van der Waals surface area contributed by atoms with Crippen molar-refractivity contribution in [1.29, 1.82) is 5.26 Å². The lowest BCUT2D eigenvalue weighted by Crippen LogP contribution is -2.00. The van der Waals surface area contributed by atoms with Crippen LogP contribution < -0.4 is 10.1 Å². The van der Waals surface area contributed by atoms with Crippen LogP contribution in [0, 0.1) is 17.1 Å². The zero-order valence-corrected chi connectivity index (χ0v) is 11.3. The molecule has 0 heterocycles. The summed E-state index contributed by atoms with van der Waals surface area (Å²) >= 11 is 5.97. The summed E-state index contributed by atoms with van der Waals surface area (Å²) in [6.45, 7) is 0.540. The maximum Gasteiger partial charge on any atom is 0.174 e. The Labute approximate surface area is 121 Å². The predicted octanol–water partition coefficient (Wildman–Crippen LogP) is 3.99. The Hall–Kier alpha value is -2.25. The molecule has 20 heavy (non-hydrogen) atoms. The van der Waals surface area contributed by atoms with Gasteiger partial charge in [0.1, 0.15) is 17.6 Å². The molecule has 0 aliphatic rings. The van der Waals surface area contributed by atoms with Gasteiger partial charge in [-0.05, 0) is 35.9 Å². The molecule has 2 rings (SSSR count). The molecule has 0 aliphatic carbocycles. The first kappa shape index (κ1) is 14.2. The van der Waals surface area contributed by atoms with Gasteiger partial charge < -0.3 is 10.1 Å². The van der Waals surface area contributed by atoms with Gasteiger partial charge in [-0.15, -0.1) is 0 Å². The van der Waals surface area contributed by atoms with Gasteiger partial charge in [-0.3, -0.25) is 0 Å². The van der Waals surface area contributed by atoms with Gasteiger partial charge in [-0.25, -0.2) is 4.39 Å². The van der Waals surface area contributed by atoms with E-state index < -0.39 is 0 Å². The second-order valence-electron chi connectivity index (χ2n) is 4.07. The van der Waals surface area contributed by atoms with E-state index in [1.54, 1.807) is 12.1 Å². The maximum atomic E-state index is 13.1. The smallest absolute Gasteiger partial charge is 0.174 e. The molecule has 0 bridgehead atoms. The molecule has 0 fully saturated rings. The van der Waals surface area contributed by atoms with Gasteiger partial charge in [0.2, 0.25) is 0 Å². The van der Waals surface area contributed by atoms with Crippen LogP contribution in [0.3, 0.4) is 0 Å². The predicted molar refractivity (Wildman–Crippen MR) is 76.3 cm³/mol. The number of hydrogen-bond donors (Lipinski definition) is 1. The molecule has 0 radical (unpaired) electrons. The van der Waals surface area contributed by atoms with Crippen LogP contribution in [-0.4, -0.2) is 6.61 Å². The van der Waals surface area contributed by atoms with Crippen molar-refractivity contribution in [2.75, 3.05) is 11.9 Å². The van der Waals surface area contributed by atoms with Crippen LogP contribution in [0.15, 0.2) is 42.5 Å². The number of ether oxygens (including phenoxy) is 1. The molecule has 0 aromatic heterocycles. The molecular weight excluding hydrogens is 279 g/mol. The summed E-state index contributed by atoms with van der Waals surface area (Å²) < 4.78 is 18.3. The fourth-order valence-corrected chi connectivity index (χ4v) is 1.83. The van der Waals surface area contributed by atoms with Crippen molar-refractivity contribution in [3.63, 3.8) is 0 Å². The number of nitrogens with one attached hydrogen (secondary N) is 1. The van der Waals surface area contributed by atoms with Crippen LogP contribution in [0.25, 0.3) is 0 Å². The van der Waals surface area contributed by atoms with Crippen LogP contribution in [0.4, 0.5) is 10.1 Å². The average Bonchev–Trinajstić information content (AvgIpc) is 2.47. The van der Waals surface area contributed by atoms with Crippen LogP contribution in [-0.2, 0) is 6.54 Å². The van der Waals surface area contributed by atoms with Gasteiger partial charge in [0, 0.05) is 6.54 Å². The topological polar surface area (TPSA) is 45.0 Å². The molecule has 3 nitrogen and oxygen atoms in total. The van der Waals surface area contributed by atoms with E-state index in [0.29, 0.717) is 23.0 Å². The highest BCUT2D eigenvalue weighted by molar-refractivity contribution is 6.33. The molecule has 0 unspecified atom stereocenters. The van der Waals surface area contributed by atoms with E-state index in [-0.39, 0.29) is 12.4 Å². The number of nitrogens with zero attached hydrogens (tertiary/aromatic N) is 1. The Morgan fingerprint density at radius 1 is 1.20 bits per heavy atom. The number of rotatable bonds is 5. The summed E-state index contributed by atoms with van der Waals surface area (Å²) in [4.78, 5) is 0. The average molecular weight is 291 g/mol. The highest BCUT2D eigenvalue weighted by Crippen LogP contribution is 2.23. The van der Waals surface area contributed by atoms with E-state index in [1.165, 1.54) is 18.2 Å². The van der Waals surface area contributed by atoms with E-state index >= 15 is 0 Å². The van der Waals surface area contributed by atoms with Crippen molar-refractivity contribution in [3.8, 4) is 11.8 Å². The van der Waals surface area contributed by atoms with Crippen LogP contribution >= 0.6 is 11.6 Å². The Morgan fingerprint density at radius 2 is 1.95 bits per heavy atom. The molecule has 0 spiro atoms. The Bertz CT molecular complexity index is 623. The SMILES string of the molecule is N#CCOc1ccc(CNc2cc(F)ccc2Cl)cc1. The van der Waals surface area contributed by atoms with Crippen molar-refractivity contribution >= 4 is 17.3 Å². The van der Waals surface area contributed by atoms with Crippen molar-refractivity contribution < 1.29 is 9.13 Å². The minimum atomic E-state index is -0.336. The second kappa shape index (κ2) is 6.78. The van der Waals surface area contributed by atoms with Crippen LogP contribution in [0.1, 0.15) is 5.56 Å². The third-order valence-electron chi connectivity index (χ3n) is 2.64. The maximum absolute atomic E-state index is 13.1. The molecule has 0 saturated heterocycles. The lowest BCUT2D eigenvalue weighted by molar-refractivity contribution is 0.368. The van der Waals surface area contributed by atoms with E-state index in [0.717, 1.165) is 5.56 Å². The van der Waals surface area contributed by atoms with Gasteiger partial charge in [0.15, 0.2) is 6.61 Å². The van der Waals surface area contributed by atoms with Gasteiger partial charge in [0.05, 0.1) is 10.7 Å². The van der Waals surface area contributed by atoms with E-state index in [4.69, 9.17) is 21.6 Å². The number of hydrogen-bond acceptors (Lipinski definition) is 3. The van der Waals surface area contributed by atoms with E-state index in [1.807, 2.05) is 18.2 Å². The van der Waals surface area contributed by atoms with E-state index in [9.17, 15) is 4.39 Å². The zero-order valence-electron chi connectivity index (χ0n) is 10.6. The first-order valence-corrected chi connectivity index (χ1v) is 6.34. The van der Waals surface area contributed by atoms with Gasteiger partial charge in [0.25, 0.3) is 0 Å². The van der Waals surface area contributed by atoms with Crippen LogP contribution in [0.2, 0.25) is 5.02 Å². The second-order valence-corrected chi connectivity index (χ2v) is 4.48. The molecule has 2 aromatic carbocycles. The quantitative estimate of drug-likeness (QED) is 0.905. The summed E-state index contributed by atoms with van der Waals surface area (Å²) in [6, 6.07) is 13.4. The number of nitriles is 1. The summed E-state index contributed by atoms with van der Waals surface area (Å²) in [5, 5.41) is 12.0. The normalized spacial score (nSPS) is 9.85. The summed E-state index contributed by atoms with van der Waals surface area (Å²) in [6.07, 6.45) is 0. The fourth-order valence-electron chi connectivity index (χ4n) is 1.65. The van der Waals surface area contributed by atoms with Crippen molar-refractivity contribution in [2.24, 2.45) is 0 Å². The standard InChI is InChI=1S/C15H12ClFN2O/c16-14-6-3-12(17)9-15(14)19-10-11-1-4-13(5-2-11)20-8-7-18/h1-6,9,19H,8,10H2. The zero-order chi connectivity index (χ0) is 14.4. The first-order chi connectivity index (χ1) is 9.69. The molecule has 1 N–H and O–H groups in total. The van der Waals surface area contributed by atoms with Gasteiger partial charge in [-0.1, -0.05) is 23.7 Å². The third-order valence-corrected chi connectivity index (χ3v) is 2.97. The Morgan fingerprint density at radius 3 is 2.65 bits per heavy atom. The molecule has 0 atom stereocenters. The van der Waals surface area contributed by atoms with Gasteiger partial charge >= 0.3 is 0 Å². The van der Waals surface area contributed by atoms with E-state index in [2.05, 4.69) is 5.32 Å². The Kier molecular flexibility index (Phi) is 4.80. The molecule has 102 valence electrons. The third kappa shape index (κ3) is 3.87. The highest BCUT2D eigenvalue weighted by Gasteiger charge is 2.02. The minimum absolute atomic E-state index is 0.0243. The largest absolute Gasteiger partial charge is 0.479 e. The summed E-state index contributed by atoms with van der Waals surface area (Å²) in [5.41, 5.74) is 1.55. The lowest BCUT2D eigenvalue weighted by Gasteiger charge is -2.09. The van der Waals surface area contributed by atoms with Crippen molar-refractivity contribution in [2.45, 2.75) is 6.54 Å². The molecule has 0 aliphatic heterocycles. The number of benzene rings is 2. The molecule has 0 amide bonds. The van der Waals surface area contributed by atoms with Crippen LogP contribution in [0.5, 0.6) is 5.75 Å². The molecule has 2 aromatic rings. The minimum Gasteiger partial charge on any atom is -0.479 e. The molecular formula is C15H12ClFN2O. The first-order valence-electron chi connectivity index (χ1n) is 5.96. The summed E-state index contributed by atoms with van der Waals surface area (Å²) in [7, 11) is 0. The van der Waals surface area contributed by atoms with Gasteiger partial charge in [-0.2, -0.15) is 5.26 Å². The molecule has 0 saturated carbocycles. The Balaban J connectivity index is 1.97. The van der Waals surface area contributed by atoms with Crippen molar-refractivity contribution in [3.05, 3.63) is 58.9 Å². The number of halogens is 2. The van der Waals surface area contributed by atoms with Crippen molar-refractivity contribution in [1.82, 2.24) is 0 Å². The fraction of sp³-hybridized carbons (Fsp3) is 0.133. The summed E-state index contributed by atoms with van der Waals surface area (Å²) in [5.74, 6) is 0.302. The monoisotopic (exact) mass is 290 g/mol. The number of anilines is 1. The lowest BCUT2D eigenvalue weighted by atomic mass is 10.2. The highest BCUT2D eigenvalue weighted by atomic mass is 35.5.